The van der Waals surface area contributed by atoms with Crippen LogP contribution in [-0.2, 0) is 0 Å². The van der Waals surface area contributed by atoms with Crippen molar-refractivity contribution >= 4 is 27.5 Å². The molecule has 1 aromatic heterocycles. The Bertz CT molecular complexity index is 1710. The fraction of sp³-hybridized carbons (Fsp3) is 0.438. The number of hydrogen-bond donors (Lipinski definition) is 2. The van der Waals surface area contributed by atoms with Crippen molar-refractivity contribution < 1.29 is 23.0 Å². The summed E-state index contributed by atoms with van der Waals surface area (Å²) >= 11 is 0. The van der Waals surface area contributed by atoms with Crippen LogP contribution in [0.5, 0.6) is 11.8 Å². The average Bonchev–Trinajstić information content (AvgIpc) is 3.61. The van der Waals surface area contributed by atoms with E-state index in [-0.39, 0.29) is 40.4 Å². The number of piperazine rings is 1. The van der Waals surface area contributed by atoms with Crippen molar-refractivity contribution in [1.29, 1.82) is 0 Å². The minimum Gasteiger partial charge on any atom is -0.508 e. The van der Waals surface area contributed by atoms with Crippen molar-refractivity contribution in [1.82, 2.24) is 20.2 Å². The van der Waals surface area contributed by atoms with E-state index >= 15 is 8.78 Å². The maximum absolute atomic E-state index is 16.6. The van der Waals surface area contributed by atoms with E-state index in [1.807, 2.05) is 0 Å². The molecule has 2 bridgehead atoms. The number of aromatic hydroxyl groups is 1. The number of anilines is 1. The predicted molar refractivity (Wildman–Crippen MR) is 155 cm³/mol. The molecule has 0 radical (unpaired) electrons. The monoisotopic (exact) mass is 575 g/mol. The molecule has 2 unspecified atom stereocenters. The van der Waals surface area contributed by atoms with Gasteiger partial charge in [0.15, 0.2) is 5.82 Å². The number of hydrogen-bond acceptors (Lipinski definition) is 7. The molecule has 10 heteroatoms. The van der Waals surface area contributed by atoms with E-state index < -0.39 is 23.3 Å². The molecule has 2 N–H and O–H groups in total. The molecule has 0 amide bonds. The summed E-state index contributed by atoms with van der Waals surface area (Å²) in [4.78, 5) is 13.7. The second kappa shape index (κ2) is 9.70. The van der Waals surface area contributed by atoms with Crippen LogP contribution in [0.15, 0.2) is 42.5 Å². The molecule has 218 valence electrons. The zero-order chi connectivity index (χ0) is 28.6. The number of nitrogens with one attached hydrogen (secondary N) is 1. The third-order valence-electron chi connectivity index (χ3n) is 9.71. The van der Waals surface area contributed by atoms with Crippen LogP contribution >= 0.6 is 0 Å². The number of phenols is 1. The fourth-order valence-corrected chi connectivity index (χ4v) is 7.84. The Balaban J connectivity index is 1.26. The quantitative estimate of drug-likeness (QED) is 0.333. The third-order valence-corrected chi connectivity index (χ3v) is 9.71. The van der Waals surface area contributed by atoms with Gasteiger partial charge in [-0.1, -0.05) is 18.2 Å². The summed E-state index contributed by atoms with van der Waals surface area (Å²) in [7, 11) is 0. The largest absolute Gasteiger partial charge is 0.508 e. The van der Waals surface area contributed by atoms with Gasteiger partial charge >= 0.3 is 6.01 Å². The van der Waals surface area contributed by atoms with Crippen molar-refractivity contribution in [2.75, 3.05) is 37.7 Å². The molecule has 0 spiro atoms. The Morgan fingerprint density at radius 1 is 1.02 bits per heavy atom. The van der Waals surface area contributed by atoms with E-state index in [0.717, 1.165) is 45.3 Å². The molecular weight excluding hydrogens is 543 g/mol. The number of alkyl halides is 1. The van der Waals surface area contributed by atoms with Crippen molar-refractivity contribution in [3.05, 3.63) is 54.1 Å². The molecule has 4 atom stereocenters. The zero-order valence-corrected chi connectivity index (χ0v) is 23.1. The third kappa shape index (κ3) is 4.18. The van der Waals surface area contributed by atoms with Crippen LogP contribution in [0, 0.1) is 11.6 Å². The van der Waals surface area contributed by atoms with Gasteiger partial charge in [0.2, 0.25) is 0 Å². The first-order chi connectivity index (χ1) is 20.4. The predicted octanol–water partition coefficient (Wildman–Crippen LogP) is 5.33. The molecule has 4 aromatic rings. The van der Waals surface area contributed by atoms with Gasteiger partial charge in [0.05, 0.1) is 5.54 Å². The number of halogens is 3. The van der Waals surface area contributed by atoms with E-state index in [2.05, 4.69) is 20.1 Å². The van der Waals surface area contributed by atoms with Crippen LogP contribution in [0.4, 0.5) is 19.0 Å². The van der Waals surface area contributed by atoms with Gasteiger partial charge in [-0.3, -0.25) is 4.90 Å². The molecule has 42 heavy (non-hydrogen) atoms. The van der Waals surface area contributed by atoms with E-state index in [4.69, 9.17) is 9.72 Å². The lowest BCUT2D eigenvalue weighted by molar-refractivity contribution is 0.107. The Hall–Kier alpha value is -3.63. The van der Waals surface area contributed by atoms with Crippen LogP contribution in [-0.4, -0.2) is 76.6 Å². The molecule has 3 aromatic carbocycles. The Labute approximate surface area is 241 Å². The van der Waals surface area contributed by atoms with Crippen LogP contribution in [0.2, 0.25) is 0 Å². The first-order valence-corrected chi connectivity index (χ1v) is 14.8. The highest BCUT2D eigenvalue weighted by molar-refractivity contribution is 6.01. The lowest BCUT2D eigenvalue weighted by Gasteiger charge is -2.34. The molecule has 5 heterocycles. The standard InChI is InChI=1S/C32H32F3N5O2/c33-19-13-32(9-2-10-40(32)14-19)17-42-31-37-29-24(30(38-31)39-15-20-5-6-21(16-39)36-20)8-7-23(28(29)35)25-12-22(41)11-18-3-1-4-26(34)27(18)25/h1,3-4,7-8,11-12,19-21,36,41H,2,5-6,9-10,13-17H2/t19-,20?,21?,32+/m1/s1. The fourth-order valence-electron chi connectivity index (χ4n) is 7.84. The topological polar surface area (TPSA) is 73.8 Å². The summed E-state index contributed by atoms with van der Waals surface area (Å²) in [6.45, 7) is 2.94. The molecule has 4 fully saturated rings. The summed E-state index contributed by atoms with van der Waals surface area (Å²) < 4.78 is 52.3. The van der Waals surface area contributed by atoms with Crippen molar-refractivity contribution in [3.63, 3.8) is 0 Å². The Morgan fingerprint density at radius 3 is 2.69 bits per heavy atom. The maximum atomic E-state index is 16.6. The summed E-state index contributed by atoms with van der Waals surface area (Å²) in [6.07, 6.45) is 3.48. The summed E-state index contributed by atoms with van der Waals surface area (Å²) in [5, 5.41) is 15.3. The van der Waals surface area contributed by atoms with Gasteiger partial charge < -0.3 is 20.1 Å². The van der Waals surface area contributed by atoms with Crippen LogP contribution in [0.25, 0.3) is 32.8 Å². The summed E-state index contributed by atoms with van der Waals surface area (Å²) in [5.41, 5.74) is 0.0402. The highest BCUT2D eigenvalue weighted by atomic mass is 19.1. The molecule has 4 aliphatic heterocycles. The second-order valence-electron chi connectivity index (χ2n) is 12.4. The number of aromatic nitrogens is 2. The van der Waals surface area contributed by atoms with E-state index in [0.29, 0.717) is 41.6 Å². The highest BCUT2D eigenvalue weighted by Gasteiger charge is 2.49. The molecule has 4 aliphatic rings. The number of nitrogens with zero attached hydrogens (tertiary/aromatic N) is 4. The van der Waals surface area contributed by atoms with Gasteiger partial charge in [0.25, 0.3) is 0 Å². The number of benzene rings is 3. The van der Waals surface area contributed by atoms with Gasteiger partial charge in [-0.2, -0.15) is 9.97 Å². The number of ether oxygens (including phenoxy) is 1. The van der Waals surface area contributed by atoms with Gasteiger partial charge in [-0.15, -0.1) is 0 Å². The first kappa shape index (κ1) is 26.0. The van der Waals surface area contributed by atoms with Crippen molar-refractivity contribution in [2.45, 2.75) is 55.9 Å². The highest BCUT2D eigenvalue weighted by Crippen LogP contribution is 2.42. The van der Waals surface area contributed by atoms with Gasteiger partial charge in [0.1, 0.15) is 35.7 Å². The van der Waals surface area contributed by atoms with Gasteiger partial charge in [-0.05, 0) is 67.4 Å². The molecule has 4 saturated heterocycles. The second-order valence-corrected chi connectivity index (χ2v) is 12.4. The smallest absolute Gasteiger partial charge is 0.319 e. The molecule has 7 nitrogen and oxygen atoms in total. The summed E-state index contributed by atoms with van der Waals surface area (Å²) in [6, 6.07) is 11.5. The minimum absolute atomic E-state index is 0.0508. The first-order valence-electron chi connectivity index (χ1n) is 14.8. The van der Waals surface area contributed by atoms with Gasteiger partial charge in [0, 0.05) is 54.5 Å². The minimum atomic E-state index is -0.893. The van der Waals surface area contributed by atoms with Crippen LogP contribution < -0.4 is 15.0 Å². The molecule has 0 aliphatic carbocycles. The van der Waals surface area contributed by atoms with Crippen LogP contribution in [0.3, 0.4) is 0 Å². The Morgan fingerprint density at radius 2 is 1.86 bits per heavy atom. The molecule has 0 saturated carbocycles. The van der Waals surface area contributed by atoms with Crippen molar-refractivity contribution in [2.24, 2.45) is 0 Å². The number of phenolic OH excluding ortho intramolecular Hbond substituents is 1. The van der Waals surface area contributed by atoms with E-state index in [1.54, 1.807) is 24.3 Å². The number of fused-ring (bicyclic) bond motifs is 5. The normalized spacial score (nSPS) is 27.3. The molecule has 8 rings (SSSR count). The van der Waals surface area contributed by atoms with E-state index in [9.17, 15) is 9.50 Å². The summed E-state index contributed by atoms with van der Waals surface area (Å²) in [5.74, 6) is -0.635. The lowest BCUT2D eigenvalue weighted by Crippen LogP contribution is -2.51. The van der Waals surface area contributed by atoms with Crippen molar-refractivity contribution in [3.8, 4) is 22.9 Å². The molecular formula is C32H32F3N5O2. The zero-order valence-electron chi connectivity index (χ0n) is 23.1. The van der Waals surface area contributed by atoms with E-state index in [1.165, 1.54) is 18.2 Å². The van der Waals surface area contributed by atoms with Crippen LogP contribution in [0.1, 0.15) is 32.1 Å². The lowest BCUT2D eigenvalue weighted by atomic mass is 9.95. The van der Waals surface area contributed by atoms with Gasteiger partial charge in [-0.25, -0.2) is 13.2 Å². The number of rotatable bonds is 5. The average molecular weight is 576 g/mol. The SMILES string of the molecule is Oc1cc(-c2ccc3c(N4CC5CCC(C4)N5)nc(OC[C@@]45CCCN4C[C@H](F)C5)nc3c2F)c2c(F)cccc2c1. The maximum Gasteiger partial charge on any atom is 0.319 e. The Kier molecular flexibility index (Phi) is 6.01.